The molecule has 8 nitrogen and oxygen atoms in total. The van der Waals surface area contributed by atoms with Gasteiger partial charge in [0.25, 0.3) is 0 Å². The molecule has 1 saturated heterocycles. The quantitative estimate of drug-likeness (QED) is 0.604. The van der Waals surface area contributed by atoms with Gasteiger partial charge in [0.1, 0.15) is 0 Å². The molecule has 1 aromatic carbocycles. The number of carbonyl (C=O) groups excluding carboxylic acids is 3. The Balaban J connectivity index is 1.68. The number of hydrogen-bond acceptors (Lipinski definition) is 5. The fourth-order valence-corrected chi connectivity index (χ4v) is 5.32. The largest absolute Gasteiger partial charge is 0.463 e. The number of nitrogens with one attached hydrogen (secondary N) is 1. The highest BCUT2D eigenvalue weighted by molar-refractivity contribution is 5.95. The maximum atomic E-state index is 13.3. The first-order chi connectivity index (χ1) is 16.7. The van der Waals surface area contributed by atoms with Gasteiger partial charge in [-0.1, -0.05) is 23.8 Å². The molecule has 8 heteroatoms. The van der Waals surface area contributed by atoms with Crippen LogP contribution in [0.2, 0.25) is 0 Å². The average Bonchev–Trinajstić information content (AvgIpc) is 3.64. The molecule has 2 atom stereocenters. The Hall–Kier alpha value is -2.87. The minimum absolute atomic E-state index is 0.0890. The van der Waals surface area contributed by atoms with Gasteiger partial charge < -0.3 is 15.0 Å². The van der Waals surface area contributed by atoms with Crippen molar-refractivity contribution in [1.29, 1.82) is 0 Å². The number of amides is 3. The van der Waals surface area contributed by atoms with Gasteiger partial charge in [-0.25, -0.2) is 9.59 Å². The maximum Gasteiger partial charge on any atom is 0.338 e. The lowest BCUT2D eigenvalue weighted by molar-refractivity contribution is -0.139. The summed E-state index contributed by atoms with van der Waals surface area (Å²) < 4.78 is 5.50. The molecule has 190 valence electrons. The van der Waals surface area contributed by atoms with Gasteiger partial charge in [-0.3, -0.25) is 14.6 Å². The molecule has 2 fully saturated rings. The lowest BCUT2D eigenvalue weighted by Crippen LogP contribution is -2.56. The molecule has 1 N–H and O–H groups in total. The van der Waals surface area contributed by atoms with Gasteiger partial charge in [-0.2, -0.15) is 0 Å². The van der Waals surface area contributed by atoms with Crippen LogP contribution in [0.25, 0.3) is 0 Å². The van der Waals surface area contributed by atoms with E-state index in [-0.39, 0.29) is 30.5 Å². The number of esters is 1. The molecule has 2 heterocycles. The van der Waals surface area contributed by atoms with Crippen LogP contribution in [0.3, 0.4) is 0 Å². The van der Waals surface area contributed by atoms with E-state index in [4.69, 9.17) is 4.74 Å². The normalized spacial score (nSPS) is 23.4. The van der Waals surface area contributed by atoms with E-state index in [1.807, 2.05) is 37.8 Å². The van der Waals surface area contributed by atoms with Crippen molar-refractivity contribution in [3.05, 3.63) is 46.2 Å². The molecule has 4 rings (SSSR count). The zero-order chi connectivity index (χ0) is 25.3. The summed E-state index contributed by atoms with van der Waals surface area (Å²) in [5.74, 6) is 0.0745. The average molecular weight is 483 g/mol. The third-order valence-corrected chi connectivity index (χ3v) is 7.28. The van der Waals surface area contributed by atoms with Gasteiger partial charge in [0.2, 0.25) is 5.91 Å². The number of rotatable bonds is 7. The third-order valence-electron chi connectivity index (χ3n) is 7.28. The van der Waals surface area contributed by atoms with E-state index in [0.717, 1.165) is 29.5 Å². The Kier molecular flexibility index (Phi) is 7.50. The summed E-state index contributed by atoms with van der Waals surface area (Å²) in [6.45, 7) is 13.0. The summed E-state index contributed by atoms with van der Waals surface area (Å²) in [5.41, 5.74) is 4.21. The predicted octanol–water partition coefficient (Wildman–Crippen LogP) is 3.15. The number of carbonyl (C=O) groups is 3. The molecule has 35 heavy (non-hydrogen) atoms. The van der Waals surface area contributed by atoms with Crippen LogP contribution in [0.5, 0.6) is 0 Å². The van der Waals surface area contributed by atoms with Gasteiger partial charge in [0.15, 0.2) is 0 Å². The number of piperazine rings is 1. The summed E-state index contributed by atoms with van der Waals surface area (Å²) in [6, 6.07) is 5.35. The predicted molar refractivity (Wildman–Crippen MR) is 134 cm³/mol. The van der Waals surface area contributed by atoms with Crippen LogP contribution >= 0.6 is 0 Å². The fraction of sp³-hybridized carbons (Fsp3) is 0.593. The van der Waals surface area contributed by atoms with Gasteiger partial charge in [-0.05, 0) is 58.6 Å². The van der Waals surface area contributed by atoms with Crippen LogP contribution in [-0.2, 0) is 14.3 Å². The number of hydrogen-bond donors (Lipinski definition) is 1. The van der Waals surface area contributed by atoms with Crippen molar-refractivity contribution < 1.29 is 19.1 Å². The van der Waals surface area contributed by atoms with Crippen LogP contribution < -0.4 is 5.32 Å². The fourth-order valence-electron chi connectivity index (χ4n) is 5.32. The van der Waals surface area contributed by atoms with Crippen LogP contribution in [0.15, 0.2) is 29.5 Å². The SMILES string of the molecule is CCOC(=O)C1=C(CN2CCN(C(=O)C3CC3)C(C)C2)N(CC)C(=O)NC1c1ccc(C)cc1C. The van der Waals surface area contributed by atoms with Crippen molar-refractivity contribution in [2.45, 2.75) is 59.5 Å². The summed E-state index contributed by atoms with van der Waals surface area (Å²) in [7, 11) is 0. The first-order valence-electron chi connectivity index (χ1n) is 12.8. The van der Waals surface area contributed by atoms with E-state index in [1.165, 1.54) is 0 Å². The number of likely N-dealkylation sites (N-methyl/N-ethyl adjacent to an activating group) is 1. The number of ether oxygens (including phenoxy) is 1. The minimum Gasteiger partial charge on any atom is -0.463 e. The molecule has 2 unspecified atom stereocenters. The molecule has 0 bridgehead atoms. The smallest absolute Gasteiger partial charge is 0.338 e. The van der Waals surface area contributed by atoms with Crippen LogP contribution in [0, 0.1) is 19.8 Å². The van der Waals surface area contributed by atoms with Crippen molar-refractivity contribution in [2.24, 2.45) is 5.92 Å². The molecule has 0 aromatic heterocycles. The topological polar surface area (TPSA) is 82.2 Å². The first kappa shape index (κ1) is 25.2. The molecule has 3 aliphatic rings. The lowest BCUT2D eigenvalue weighted by Gasteiger charge is -2.43. The van der Waals surface area contributed by atoms with Gasteiger partial charge in [0.05, 0.1) is 18.2 Å². The Morgan fingerprint density at radius 1 is 1.14 bits per heavy atom. The van der Waals surface area contributed by atoms with E-state index in [2.05, 4.69) is 23.2 Å². The van der Waals surface area contributed by atoms with E-state index >= 15 is 0 Å². The van der Waals surface area contributed by atoms with Crippen molar-refractivity contribution in [1.82, 2.24) is 20.0 Å². The molecular formula is C27H38N4O4. The van der Waals surface area contributed by atoms with E-state index in [9.17, 15) is 14.4 Å². The molecule has 0 radical (unpaired) electrons. The van der Waals surface area contributed by atoms with Crippen LogP contribution in [-0.4, -0.2) is 78.0 Å². The highest BCUT2D eigenvalue weighted by Crippen LogP contribution is 2.35. The van der Waals surface area contributed by atoms with Crippen molar-refractivity contribution >= 4 is 17.9 Å². The second-order valence-electron chi connectivity index (χ2n) is 9.96. The van der Waals surface area contributed by atoms with E-state index in [0.29, 0.717) is 44.0 Å². The monoisotopic (exact) mass is 482 g/mol. The van der Waals surface area contributed by atoms with E-state index < -0.39 is 12.0 Å². The highest BCUT2D eigenvalue weighted by atomic mass is 16.5. The zero-order valence-corrected chi connectivity index (χ0v) is 21.6. The van der Waals surface area contributed by atoms with Crippen molar-refractivity contribution in [3.8, 4) is 0 Å². The summed E-state index contributed by atoms with van der Waals surface area (Å²) >= 11 is 0. The molecule has 1 aliphatic carbocycles. The molecule has 3 amide bonds. The van der Waals surface area contributed by atoms with Crippen molar-refractivity contribution in [2.75, 3.05) is 39.3 Å². The highest BCUT2D eigenvalue weighted by Gasteiger charge is 2.41. The van der Waals surface area contributed by atoms with Gasteiger partial charge >= 0.3 is 12.0 Å². The first-order valence-corrected chi connectivity index (χ1v) is 12.8. The van der Waals surface area contributed by atoms with Gasteiger partial charge in [0, 0.05) is 50.4 Å². The second kappa shape index (κ2) is 10.4. The summed E-state index contributed by atoms with van der Waals surface area (Å²) in [4.78, 5) is 45.1. The number of aryl methyl sites for hydroxylation is 2. The Morgan fingerprint density at radius 3 is 2.49 bits per heavy atom. The standard InChI is InChI=1S/C27H38N4O4/c1-6-30-22(16-29-12-13-31(19(5)15-29)25(32)20-9-10-20)23(26(33)35-7-2)24(28-27(30)34)21-11-8-17(3)14-18(21)4/h8,11,14,19-20,24H,6-7,9-10,12-13,15-16H2,1-5H3,(H,28,34). The van der Waals surface area contributed by atoms with E-state index in [1.54, 1.807) is 11.8 Å². The molecule has 0 spiro atoms. The molecule has 1 aromatic rings. The van der Waals surface area contributed by atoms with Crippen molar-refractivity contribution in [3.63, 3.8) is 0 Å². The third kappa shape index (κ3) is 5.22. The van der Waals surface area contributed by atoms with Crippen LogP contribution in [0.1, 0.15) is 56.3 Å². The molecule has 2 aliphatic heterocycles. The Bertz CT molecular complexity index is 1030. The Labute approximate surface area is 208 Å². The molecule has 1 saturated carbocycles. The Morgan fingerprint density at radius 2 is 1.89 bits per heavy atom. The van der Waals surface area contributed by atoms with Gasteiger partial charge in [-0.15, -0.1) is 0 Å². The lowest BCUT2D eigenvalue weighted by atomic mass is 9.90. The number of urea groups is 1. The summed E-state index contributed by atoms with van der Waals surface area (Å²) in [5, 5.41) is 3.06. The zero-order valence-electron chi connectivity index (χ0n) is 21.6. The molecular weight excluding hydrogens is 444 g/mol. The second-order valence-corrected chi connectivity index (χ2v) is 9.96. The maximum absolute atomic E-state index is 13.3. The minimum atomic E-state index is -0.574. The summed E-state index contributed by atoms with van der Waals surface area (Å²) in [6.07, 6.45) is 2.00. The number of nitrogens with zero attached hydrogens (tertiary/aromatic N) is 3. The van der Waals surface area contributed by atoms with Crippen LogP contribution in [0.4, 0.5) is 4.79 Å². The number of benzene rings is 1.